The molecule has 0 aromatic heterocycles. The van der Waals surface area contributed by atoms with Crippen LogP contribution in [0.1, 0.15) is 44.2 Å². The molecule has 1 aromatic carbocycles. The van der Waals surface area contributed by atoms with E-state index >= 15 is 0 Å². The maximum atomic E-state index is 13.1. The normalized spacial score (nSPS) is 15.8. The molecule has 0 aliphatic heterocycles. The number of unbranched alkanes of at least 4 members (excludes halogenated alkanes) is 1. The van der Waals surface area contributed by atoms with Gasteiger partial charge in [-0.25, -0.2) is 0 Å². The minimum Gasteiger partial charge on any atom is -0.385 e. The molecule has 6 heteroatoms. The monoisotopic (exact) mass is 310 g/mol. The van der Waals surface area contributed by atoms with Gasteiger partial charge in [0.2, 0.25) is 0 Å². The molecular formula is C15H19F5O. The number of rotatable bonds is 6. The lowest BCUT2D eigenvalue weighted by atomic mass is 9.88. The summed E-state index contributed by atoms with van der Waals surface area (Å²) < 4.78 is 62.8. The van der Waals surface area contributed by atoms with E-state index in [0.717, 1.165) is 31.7 Å². The van der Waals surface area contributed by atoms with Crippen molar-refractivity contribution in [3.63, 3.8) is 0 Å². The van der Waals surface area contributed by atoms with Gasteiger partial charge in [-0.1, -0.05) is 37.6 Å². The molecule has 120 valence electrons. The number of aliphatic hydroxyl groups is 1. The van der Waals surface area contributed by atoms with Crippen LogP contribution in [-0.4, -0.2) is 17.2 Å². The molecule has 21 heavy (non-hydrogen) atoms. The van der Waals surface area contributed by atoms with Crippen LogP contribution in [0.15, 0.2) is 24.3 Å². The maximum absolute atomic E-state index is 13.1. The second-order valence-corrected chi connectivity index (χ2v) is 5.45. The van der Waals surface area contributed by atoms with E-state index in [1.165, 1.54) is 12.1 Å². The van der Waals surface area contributed by atoms with Crippen LogP contribution >= 0.6 is 0 Å². The smallest absolute Gasteiger partial charge is 0.385 e. The SMILES string of the molecule is CCCCc1ccc(C(C)(O)CC(F)(F)C(F)(F)F)cc1. The first-order chi connectivity index (χ1) is 9.49. The Labute approximate surface area is 120 Å². The standard InChI is InChI=1S/C15H19F5O/c1-3-4-5-11-6-8-12(9-7-11)13(2,21)10-14(16,17)15(18,19)20/h6-9,21H,3-5,10H2,1-2H3. The van der Waals surface area contributed by atoms with Crippen molar-refractivity contribution in [2.75, 3.05) is 0 Å². The molecule has 0 aliphatic carbocycles. The van der Waals surface area contributed by atoms with Gasteiger partial charge in [-0.2, -0.15) is 22.0 Å². The fourth-order valence-corrected chi connectivity index (χ4v) is 2.05. The summed E-state index contributed by atoms with van der Waals surface area (Å²) in [5.74, 6) is -4.93. The highest BCUT2D eigenvalue weighted by molar-refractivity contribution is 5.27. The number of hydrogen-bond donors (Lipinski definition) is 1. The summed E-state index contributed by atoms with van der Waals surface area (Å²) in [6.45, 7) is 2.99. The molecule has 1 N–H and O–H groups in total. The summed E-state index contributed by atoms with van der Waals surface area (Å²) in [5.41, 5.74) is -1.24. The van der Waals surface area contributed by atoms with Gasteiger partial charge in [-0.15, -0.1) is 0 Å². The third-order valence-corrected chi connectivity index (χ3v) is 3.38. The minimum atomic E-state index is -5.67. The predicted octanol–water partition coefficient (Wildman–Crippen LogP) is 4.82. The summed E-state index contributed by atoms with van der Waals surface area (Å²) in [4.78, 5) is 0. The van der Waals surface area contributed by atoms with Gasteiger partial charge in [0.25, 0.3) is 0 Å². The topological polar surface area (TPSA) is 20.2 Å². The first-order valence-electron chi connectivity index (χ1n) is 6.76. The summed E-state index contributed by atoms with van der Waals surface area (Å²) in [7, 11) is 0. The van der Waals surface area contributed by atoms with Crippen molar-refractivity contribution in [3.8, 4) is 0 Å². The molecule has 1 unspecified atom stereocenters. The third-order valence-electron chi connectivity index (χ3n) is 3.38. The summed E-state index contributed by atoms with van der Waals surface area (Å²) in [5, 5.41) is 9.97. The van der Waals surface area contributed by atoms with Crippen LogP contribution < -0.4 is 0 Å². The number of benzene rings is 1. The Morgan fingerprint density at radius 2 is 1.52 bits per heavy atom. The molecule has 0 amide bonds. The lowest BCUT2D eigenvalue weighted by Crippen LogP contribution is -2.42. The van der Waals surface area contributed by atoms with Gasteiger partial charge in [0.05, 0.1) is 12.0 Å². The molecule has 0 fully saturated rings. The molecule has 1 rings (SSSR count). The first kappa shape index (κ1) is 17.9. The molecule has 0 radical (unpaired) electrons. The Kier molecular flexibility index (Phi) is 5.36. The van der Waals surface area contributed by atoms with Crippen LogP contribution in [0.5, 0.6) is 0 Å². The molecule has 0 heterocycles. The van der Waals surface area contributed by atoms with Crippen molar-refractivity contribution in [2.24, 2.45) is 0 Å². The molecule has 0 saturated heterocycles. The van der Waals surface area contributed by atoms with E-state index in [1.54, 1.807) is 12.1 Å². The Hall–Kier alpha value is -1.17. The minimum absolute atomic E-state index is 0.0478. The highest BCUT2D eigenvalue weighted by Gasteiger charge is 2.59. The van der Waals surface area contributed by atoms with E-state index in [9.17, 15) is 27.1 Å². The van der Waals surface area contributed by atoms with E-state index in [4.69, 9.17) is 0 Å². The van der Waals surface area contributed by atoms with E-state index in [0.29, 0.717) is 0 Å². The largest absolute Gasteiger partial charge is 0.453 e. The highest BCUT2D eigenvalue weighted by Crippen LogP contribution is 2.43. The van der Waals surface area contributed by atoms with Crippen LogP contribution in [-0.2, 0) is 12.0 Å². The van der Waals surface area contributed by atoms with Crippen LogP contribution in [0.25, 0.3) is 0 Å². The second kappa shape index (κ2) is 6.30. The van der Waals surface area contributed by atoms with E-state index in [-0.39, 0.29) is 5.56 Å². The molecule has 0 bridgehead atoms. The van der Waals surface area contributed by atoms with Crippen LogP contribution in [0.3, 0.4) is 0 Å². The molecule has 0 saturated carbocycles. The number of aryl methyl sites for hydroxylation is 1. The zero-order chi connectivity index (χ0) is 16.3. The van der Waals surface area contributed by atoms with Crippen molar-refractivity contribution in [1.29, 1.82) is 0 Å². The Morgan fingerprint density at radius 1 is 1.00 bits per heavy atom. The fourth-order valence-electron chi connectivity index (χ4n) is 2.05. The van der Waals surface area contributed by atoms with E-state index < -0.39 is 24.1 Å². The molecule has 0 aliphatic rings. The van der Waals surface area contributed by atoms with E-state index in [1.807, 2.05) is 6.92 Å². The van der Waals surface area contributed by atoms with Crippen molar-refractivity contribution < 1.29 is 27.1 Å². The van der Waals surface area contributed by atoms with Crippen LogP contribution in [0.2, 0.25) is 0 Å². The zero-order valence-corrected chi connectivity index (χ0v) is 12.0. The van der Waals surface area contributed by atoms with Gasteiger partial charge in [0.15, 0.2) is 0 Å². The molecule has 1 aromatic rings. The van der Waals surface area contributed by atoms with Crippen molar-refractivity contribution >= 4 is 0 Å². The fraction of sp³-hybridized carbons (Fsp3) is 0.600. The maximum Gasteiger partial charge on any atom is 0.453 e. The first-order valence-corrected chi connectivity index (χ1v) is 6.76. The van der Waals surface area contributed by atoms with E-state index in [2.05, 4.69) is 0 Å². The molecule has 0 spiro atoms. The van der Waals surface area contributed by atoms with Crippen molar-refractivity contribution in [2.45, 2.75) is 57.2 Å². The third kappa shape index (κ3) is 4.66. The average molecular weight is 310 g/mol. The Morgan fingerprint density at radius 3 is 1.95 bits per heavy atom. The number of halogens is 5. The second-order valence-electron chi connectivity index (χ2n) is 5.45. The van der Waals surface area contributed by atoms with Crippen molar-refractivity contribution in [3.05, 3.63) is 35.4 Å². The van der Waals surface area contributed by atoms with Crippen LogP contribution in [0, 0.1) is 0 Å². The lowest BCUT2D eigenvalue weighted by molar-refractivity contribution is -0.296. The zero-order valence-electron chi connectivity index (χ0n) is 12.0. The molecular weight excluding hydrogens is 291 g/mol. The highest BCUT2D eigenvalue weighted by atomic mass is 19.4. The van der Waals surface area contributed by atoms with Gasteiger partial charge < -0.3 is 5.11 Å². The summed E-state index contributed by atoms with van der Waals surface area (Å²) in [6, 6.07) is 6.09. The van der Waals surface area contributed by atoms with Gasteiger partial charge in [0, 0.05) is 0 Å². The van der Waals surface area contributed by atoms with Crippen molar-refractivity contribution in [1.82, 2.24) is 0 Å². The molecule has 1 nitrogen and oxygen atoms in total. The average Bonchev–Trinajstić information content (AvgIpc) is 2.34. The predicted molar refractivity (Wildman–Crippen MR) is 70.2 cm³/mol. The number of alkyl halides is 5. The molecule has 1 atom stereocenters. The summed E-state index contributed by atoms with van der Waals surface area (Å²) >= 11 is 0. The van der Waals surface area contributed by atoms with Gasteiger partial charge >= 0.3 is 12.1 Å². The van der Waals surface area contributed by atoms with Gasteiger partial charge in [0.1, 0.15) is 0 Å². The lowest BCUT2D eigenvalue weighted by Gasteiger charge is -2.30. The quantitative estimate of drug-likeness (QED) is 0.747. The Balaban J connectivity index is 2.87. The Bertz CT molecular complexity index is 448. The van der Waals surface area contributed by atoms with Gasteiger partial charge in [-0.05, 0) is 30.9 Å². The van der Waals surface area contributed by atoms with Crippen LogP contribution in [0.4, 0.5) is 22.0 Å². The summed E-state index contributed by atoms with van der Waals surface area (Å²) in [6.07, 6.45) is -4.60. The van der Waals surface area contributed by atoms with Gasteiger partial charge in [-0.3, -0.25) is 0 Å². The number of hydrogen-bond acceptors (Lipinski definition) is 1.